The number of hydrogen-bond acceptors (Lipinski definition) is 4. The number of aromatic nitrogens is 1. The maximum Gasteiger partial charge on any atom is 0.137 e. The van der Waals surface area contributed by atoms with Crippen LogP contribution in [0.1, 0.15) is 13.8 Å². The van der Waals surface area contributed by atoms with E-state index in [1.807, 2.05) is 6.20 Å². The Labute approximate surface area is 99.9 Å². The Morgan fingerprint density at radius 2 is 2.25 bits per heavy atom. The first kappa shape index (κ1) is 11.4. The molecule has 0 unspecified atom stereocenters. The average molecular weight is 235 g/mol. The lowest BCUT2D eigenvalue weighted by Gasteiger charge is -2.27. The summed E-state index contributed by atoms with van der Waals surface area (Å²) >= 11 is 1.75. The van der Waals surface area contributed by atoms with Crippen LogP contribution in [-0.2, 0) is 0 Å². The van der Waals surface area contributed by atoms with Gasteiger partial charge >= 0.3 is 0 Å². The predicted octanol–water partition coefficient (Wildman–Crippen LogP) is 2.47. The van der Waals surface area contributed by atoms with E-state index in [0.717, 1.165) is 12.4 Å². The molecule has 0 saturated carbocycles. The van der Waals surface area contributed by atoms with Crippen LogP contribution in [0, 0.1) is 0 Å². The summed E-state index contributed by atoms with van der Waals surface area (Å²) < 4.78 is 1.28. The first-order valence-electron chi connectivity index (χ1n) is 5.53. The van der Waals surface area contributed by atoms with Gasteiger partial charge in [0.05, 0.1) is 0 Å². The Balaban J connectivity index is 2.47. The number of rotatable bonds is 4. The van der Waals surface area contributed by atoms with Gasteiger partial charge in [0.2, 0.25) is 0 Å². The maximum absolute atomic E-state index is 5.66. The standard InChI is InChI=1S/C12H17N3S/c1-9(2)15(7-5-13)12-10-4-8-16-11(10)3-6-14-12/h3-4,6,8-9H,5,7,13H2,1-2H3. The molecule has 0 spiro atoms. The summed E-state index contributed by atoms with van der Waals surface area (Å²) in [5, 5.41) is 3.34. The largest absolute Gasteiger partial charge is 0.352 e. The van der Waals surface area contributed by atoms with Crippen LogP contribution in [0.2, 0.25) is 0 Å². The zero-order chi connectivity index (χ0) is 11.5. The molecule has 0 saturated heterocycles. The lowest BCUT2D eigenvalue weighted by Crippen LogP contribution is -2.36. The topological polar surface area (TPSA) is 42.1 Å². The summed E-state index contributed by atoms with van der Waals surface area (Å²) in [5.74, 6) is 1.05. The van der Waals surface area contributed by atoms with Gasteiger partial charge in [-0.15, -0.1) is 11.3 Å². The number of fused-ring (bicyclic) bond motifs is 1. The molecule has 2 rings (SSSR count). The van der Waals surface area contributed by atoms with Crippen molar-refractivity contribution in [2.75, 3.05) is 18.0 Å². The van der Waals surface area contributed by atoms with E-state index in [-0.39, 0.29) is 0 Å². The third kappa shape index (κ3) is 2.03. The minimum Gasteiger partial charge on any atom is -0.352 e. The molecule has 0 aliphatic rings. The number of pyridine rings is 1. The lowest BCUT2D eigenvalue weighted by molar-refractivity contribution is 0.678. The predicted molar refractivity (Wildman–Crippen MR) is 71.2 cm³/mol. The monoisotopic (exact) mass is 235 g/mol. The molecule has 0 aromatic carbocycles. The number of thiophene rings is 1. The Kier molecular flexibility index (Phi) is 3.41. The second-order valence-electron chi connectivity index (χ2n) is 4.04. The van der Waals surface area contributed by atoms with E-state index in [9.17, 15) is 0 Å². The van der Waals surface area contributed by atoms with Crippen LogP contribution in [0.25, 0.3) is 10.1 Å². The minimum atomic E-state index is 0.418. The highest BCUT2D eigenvalue weighted by Gasteiger charge is 2.14. The molecule has 2 heterocycles. The first-order valence-corrected chi connectivity index (χ1v) is 6.41. The van der Waals surface area contributed by atoms with Crippen LogP contribution < -0.4 is 10.6 Å². The minimum absolute atomic E-state index is 0.418. The molecule has 0 aliphatic carbocycles. The van der Waals surface area contributed by atoms with Crippen LogP contribution in [0.15, 0.2) is 23.7 Å². The number of hydrogen-bond donors (Lipinski definition) is 1. The molecule has 0 radical (unpaired) electrons. The highest BCUT2D eigenvalue weighted by atomic mass is 32.1. The summed E-state index contributed by atoms with van der Waals surface area (Å²) in [7, 11) is 0. The van der Waals surface area contributed by atoms with E-state index in [2.05, 4.69) is 41.2 Å². The fourth-order valence-corrected chi connectivity index (χ4v) is 2.63. The first-order chi connectivity index (χ1) is 7.74. The third-order valence-corrected chi connectivity index (χ3v) is 3.51. The Morgan fingerprint density at radius 1 is 1.44 bits per heavy atom. The lowest BCUT2D eigenvalue weighted by atomic mass is 10.2. The molecule has 16 heavy (non-hydrogen) atoms. The van der Waals surface area contributed by atoms with Gasteiger partial charge in [0, 0.05) is 35.4 Å². The van der Waals surface area contributed by atoms with Gasteiger partial charge in [-0.25, -0.2) is 4.98 Å². The molecular weight excluding hydrogens is 218 g/mol. The van der Waals surface area contributed by atoms with Crippen LogP contribution >= 0.6 is 11.3 Å². The smallest absolute Gasteiger partial charge is 0.137 e. The highest BCUT2D eigenvalue weighted by molar-refractivity contribution is 7.17. The van der Waals surface area contributed by atoms with Crippen molar-refractivity contribution < 1.29 is 0 Å². The quantitative estimate of drug-likeness (QED) is 0.885. The Bertz CT molecular complexity index is 464. The molecule has 86 valence electrons. The summed E-state index contributed by atoms with van der Waals surface area (Å²) in [6.45, 7) is 5.84. The third-order valence-electron chi connectivity index (χ3n) is 2.62. The van der Waals surface area contributed by atoms with Gasteiger partial charge in [-0.3, -0.25) is 0 Å². The van der Waals surface area contributed by atoms with Crippen molar-refractivity contribution in [3.8, 4) is 0 Å². The van der Waals surface area contributed by atoms with E-state index in [1.54, 1.807) is 11.3 Å². The van der Waals surface area contributed by atoms with Crippen molar-refractivity contribution in [1.29, 1.82) is 0 Å². The molecule has 2 N–H and O–H groups in total. The van der Waals surface area contributed by atoms with Crippen LogP contribution in [0.5, 0.6) is 0 Å². The van der Waals surface area contributed by atoms with Gasteiger partial charge in [0.1, 0.15) is 5.82 Å². The van der Waals surface area contributed by atoms with Gasteiger partial charge in [0.25, 0.3) is 0 Å². The van der Waals surface area contributed by atoms with Crippen LogP contribution in [0.3, 0.4) is 0 Å². The second-order valence-corrected chi connectivity index (χ2v) is 4.99. The SMILES string of the molecule is CC(C)N(CCN)c1nccc2sccc12. The van der Waals surface area contributed by atoms with Gasteiger partial charge < -0.3 is 10.6 Å². The molecule has 0 atom stereocenters. The Hall–Kier alpha value is -1.13. The Morgan fingerprint density at radius 3 is 2.94 bits per heavy atom. The van der Waals surface area contributed by atoms with Gasteiger partial charge in [-0.1, -0.05) is 0 Å². The number of anilines is 1. The van der Waals surface area contributed by atoms with Crippen LogP contribution in [-0.4, -0.2) is 24.1 Å². The fourth-order valence-electron chi connectivity index (χ4n) is 1.86. The van der Waals surface area contributed by atoms with Crippen molar-refractivity contribution in [2.45, 2.75) is 19.9 Å². The molecule has 2 aromatic rings. The van der Waals surface area contributed by atoms with E-state index in [0.29, 0.717) is 12.6 Å². The molecule has 2 aromatic heterocycles. The normalized spacial score (nSPS) is 11.2. The van der Waals surface area contributed by atoms with Gasteiger partial charge in [-0.2, -0.15) is 0 Å². The van der Waals surface area contributed by atoms with Crippen molar-refractivity contribution in [1.82, 2.24) is 4.98 Å². The van der Waals surface area contributed by atoms with Crippen molar-refractivity contribution in [2.24, 2.45) is 5.73 Å². The maximum atomic E-state index is 5.66. The molecule has 0 fully saturated rings. The zero-order valence-corrected chi connectivity index (χ0v) is 10.5. The van der Waals surface area contributed by atoms with Gasteiger partial charge in [0.15, 0.2) is 0 Å². The van der Waals surface area contributed by atoms with Crippen molar-refractivity contribution in [3.05, 3.63) is 23.7 Å². The zero-order valence-electron chi connectivity index (χ0n) is 9.68. The molecular formula is C12H17N3S. The van der Waals surface area contributed by atoms with Crippen molar-refractivity contribution >= 4 is 27.2 Å². The summed E-state index contributed by atoms with van der Waals surface area (Å²) in [5.41, 5.74) is 5.66. The van der Waals surface area contributed by atoms with Crippen molar-refractivity contribution in [3.63, 3.8) is 0 Å². The van der Waals surface area contributed by atoms with E-state index in [4.69, 9.17) is 5.73 Å². The summed E-state index contributed by atoms with van der Waals surface area (Å²) in [6.07, 6.45) is 1.88. The van der Waals surface area contributed by atoms with E-state index >= 15 is 0 Å². The number of nitrogens with zero attached hydrogens (tertiary/aromatic N) is 2. The van der Waals surface area contributed by atoms with E-state index < -0.39 is 0 Å². The van der Waals surface area contributed by atoms with Crippen LogP contribution in [0.4, 0.5) is 5.82 Å². The molecule has 0 amide bonds. The highest BCUT2D eigenvalue weighted by Crippen LogP contribution is 2.29. The van der Waals surface area contributed by atoms with E-state index in [1.165, 1.54) is 10.1 Å². The molecule has 4 heteroatoms. The summed E-state index contributed by atoms with van der Waals surface area (Å²) in [4.78, 5) is 6.76. The second kappa shape index (κ2) is 4.80. The van der Waals surface area contributed by atoms with Gasteiger partial charge in [-0.05, 0) is 31.4 Å². The molecule has 0 bridgehead atoms. The fraction of sp³-hybridized carbons (Fsp3) is 0.417. The molecule has 0 aliphatic heterocycles. The average Bonchev–Trinajstić information content (AvgIpc) is 2.73. The molecule has 3 nitrogen and oxygen atoms in total. The number of nitrogens with two attached hydrogens (primary N) is 1. The summed E-state index contributed by atoms with van der Waals surface area (Å²) in [6, 6.07) is 4.61.